The molecule has 2 aromatic carbocycles. The van der Waals surface area contributed by atoms with Crippen LogP contribution in [0.15, 0.2) is 48.7 Å². The molecule has 0 amide bonds. The van der Waals surface area contributed by atoms with Crippen LogP contribution < -0.4 is 4.74 Å². The predicted octanol–water partition coefficient (Wildman–Crippen LogP) is 5.52. The molecule has 0 saturated carbocycles. The van der Waals surface area contributed by atoms with Gasteiger partial charge < -0.3 is 9.72 Å². The zero-order chi connectivity index (χ0) is 15.7. The second-order valence-corrected chi connectivity index (χ2v) is 5.87. The Morgan fingerprint density at radius 3 is 2.64 bits per heavy atom. The van der Waals surface area contributed by atoms with E-state index in [1.165, 1.54) is 0 Å². The molecule has 3 nitrogen and oxygen atoms in total. The van der Waals surface area contributed by atoms with E-state index >= 15 is 0 Å². The fourth-order valence-electron chi connectivity index (χ4n) is 2.25. The van der Waals surface area contributed by atoms with Crippen LogP contribution in [0, 0.1) is 4.77 Å². The molecule has 0 aliphatic heterocycles. The van der Waals surface area contributed by atoms with Gasteiger partial charge in [-0.25, -0.2) is 0 Å². The second-order valence-electron chi connectivity index (χ2n) is 4.64. The molecule has 1 aromatic heterocycles. The third-order valence-electron chi connectivity index (χ3n) is 3.28. The summed E-state index contributed by atoms with van der Waals surface area (Å²) in [6.07, 6.45) is 1.90. The Morgan fingerprint density at radius 1 is 1.14 bits per heavy atom. The van der Waals surface area contributed by atoms with Crippen LogP contribution in [-0.2, 0) is 0 Å². The molecule has 0 fully saturated rings. The Bertz CT molecular complexity index is 886. The first-order valence-electron chi connectivity index (χ1n) is 6.50. The predicted molar refractivity (Wildman–Crippen MR) is 93.0 cm³/mol. The monoisotopic (exact) mass is 350 g/mol. The lowest BCUT2D eigenvalue weighted by Crippen LogP contribution is -1.96. The minimum atomic E-state index is 0.561. The van der Waals surface area contributed by atoms with E-state index in [2.05, 4.69) is 4.98 Å². The van der Waals surface area contributed by atoms with Gasteiger partial charge in [0, 0.05) is 16.8 Å². The molecule has 0 aliphatic rings. The number of hydrogen-bond acceptors (Lipinski definition) is 2. The molecule has 0 spiro atoms. The fourth-order valence-corrected chi connectivity index (χ4v) is 3.02. The fraction of sp³-hybridized carbons (Fsp3) is 0.0625. The highest BCUT2D eigenvalue weighted by Crippen LogP contribution is 2.31. The summed E-state index contributed by atoms with van der Waals surface area (Å²) in [6, 6.07) is 13.0. The third-order valence-corrected chi connectivity index (χ3v) is 4.13. The number of aromatic amines is 1. The van der Waals surface area contributed by atoms with Crippen LogP contribution in [0.5, 0.6) is 5.75 Å². The molecule has 22 heavy (non-hydrogen) atoms. The normalized spacial score (nSPS) is 10.7. The maximum absolute atomic E-state index is 6.26. The maximum Gasteiger partial charge on any atom is 0.182 e. The summed E-state index contributed by atoms with van der Waals surface area (Å²) in [5.74, 6) is 0.742. The number of imidazole rings is 1. The van der Waals surface area contributed by atoms with Crippen LogP contribution >= 0.6 is 35.4 Å². The molecule has 1 heterocycles. The number of rotatable bonds is 3. The van der Waals surface area contributed by atoms with Gasteiger partial charge in [-0.05, 0) is 42.5 Å². The molecule has 0 saturated heterocycles. The Balaban J connectivity index is 2.14. The van der Waals surface area contributed by atoms with Crippen molar-refractivity contribution in [2.24, 2.45) is 0 Å². The summed E-state index contributed by atoms with van der Waals surface area (Å²) in [6.45, 7) is 0. The molecular weight excluding hydrogens is 339 g/mol. The summed E-state index contributed by atoms with van der Waals surface area (Å²) in [4.78, 5) is 3.17. The molecule has 6 heteroatoms. The van der Waals surface area contributed by atoms with Crippen molar-refractivity contribution in [2.45, 2.75) is 0 Å². The van der Waals surface area contributed by atoms with Crippen LogP contribution in [-0.4, -0.2) is 16.7 Å². The summed E-state index contributed by atoms with van der Waals surface area (Å²) in [7, 11) is 1.63. The van der Waals surface area contributed by atoms with E-state index in [0.29, 0.717) is 14.8 Å². The molecule has 0 bridgehead atoms. The average molecular weight is 351 g/mol. The maximum atomic E-state index is 6.26. The second kappa shape index (κ2) is 6.16. The number of halogens is 2. The molecule has 0 radical (unpaired) electrons. The van der Waals surface area contributed by atoms with Gasteiger partial charge in [-0.2, -0.15) is 0 Å². The molecule has 112 valence electrons. The summed E-state index contributed by atoms with van der Waals surface area (Å²) >= 11 is 17.6. The minimum Gasteiger partial charge on any atom is -0.495 e. The van der Waals surface area contributed by atoms with Crippen LogP contribution in [0.4, 0.5) is 0 Å². The van der Waals surface area contributed by atoms with Gasteiger partial charge in [0.1, 0.15) is 5.75 Å². The average Bonchev–Trinajstić information content (AvgIpc) is 2.88. The Morgan fingerprint density at radius 2 is 1.91 bits per heavy atom. The number of nitrogens with one attached hydrogen (secondary N) is 1. The van der Waals surface area contributed by atoms with E-state index in [0.717, 1.165) is 22.7 Å². The number of nitrogens with zero attached hydrogens (tertiary/aromatic N) is 1. The van der Waals surface area contributed by atoms with Crippen LogP contribution in [0.2, 0.25) is 10.0 Å². The van der Waals surface area contributed by atoms with Crippen LogP contribution in [0.3, 0.4) is 0 Å². The largest absolute Gasteiger partial charge is 0.495 e. The first-order valence-corrected chi connectivity index (χ1v) is 7.67. The van der Waals surface area contributed by atoms with E-state index in [9.17, 15) is 0 Å². The molecule has 3 aromatic rings. The van der Waals surface area contributed by atoms with E-state index in [1.54, 1.807) is 19.2 Å². The van der Waals surface area contributed by atoms with Crippen molar-refractivity contribution in [2.75, 3.05) is 7.11 Å². The number of methoxy groups -OCH3 is 1. The lowest BCUT2D eigenvalue weighted by Gasteiger charge is -2.08. The molecule has 0 atom stereocenters. The zero-order valence-corrected chi connectivity index (χ0v) is 14.0. The zero-order valence-electron chi connectivity index (χ0n) is 11.6. The van der Waals surface area contributed by atoms with Crippen molar-refractivity contribution in [3.8, 4) is 22.7 Å². The number of hydrogen-bond donors (Lipinski definition) is 1. The van der Waals surface area contributed by atoms with E-state index in [1.807, 2.05) is 41.1 Å². The Hall–Kier alpha value is -1.75. The molecule has 0 aliphatic carbocycles. The molecular formula is C16H12Cl2N2OS. The number of ether oxygens (including phenoxy) is 1. The molecule has 3 rings (SSSR count). The number of H-pyrrole nitrogens is 1. The van der Waals surface area contributed by atoms with Crippen molar-refractivity contribution >= 4 is 35.4 Å². The highest BCUT2D eigenvalue weighted by Gasteiger charge is 2.11. The lowest BCUT2D eigenvalue weighted by atomic mass is 10.2. The van der Waals surface area contributed by atoms with Gasteiger partial charge >= 0.3 is 0 Å². The van der Waals surface area contributed by atoms with Gasteiger partial charge in [0.25, 0.3) is 0 Å². The quantitative estimate of drug-likeness (QED) is 0.630. The van der Waals surface area contributed by atoms with Crippen molar-refractivity contribution in [3.05, 3.63) is 63.5 Å². The van der Waals surface area contributed by atoms with E-state index < -0.39 is 0 Å². The summed E-state index contributed by atoms with van der Waals surface area (Å²) in [5, 5.41) is 1.16. The van der Waals surface area contributed by atoms with Gasteiger partial charge in [0.05, 0.1) is 23.5 Å². The van der Waals surface area contributed by atoms with Gasteiger partial charge in [-0.15, -0.1) is 0 Å². The molecule has 0 unspecified atom stereocenters. The Kier molecular flexibility index (Phi) is 4.25. The highest BCUT2D eigenvalue weighted by molar-refractivity contribution is 7.71. The first kappa shape index (κ1) is 15.2. The SMILES string of the molecule is COc1ccccc1-n1cc(-c2ccc(Cl)cc2Cl)[nH]c1=S. The third kappa shape index (κ3) is 2.77. The summed E-state index contributed by atoms with van der Waals surface area (Å²) < 4.78 is 7.80. The van der Waals surface area contributed by atoms with Crippen molar-refractivity contribution in [1.82, 2.24) is 9.55 Å². The standard InChI is InChI=1S/C16H12Cl2N2OS/c1-21-15-5-3-2-4-14(15)20-9-13(19-16(20)22)11-7-6-10(17)8-12(11)18/h2-9H,1H3,(H,19,22). The van der Waals surface area contributed by atoms with Gasteiger partial charge in [0.2, 0.25) is 0 Å². The number of para-hydroxylation sites is 2. The number of benzene rings is 2. The van der Waals surface area contributed by atoms with Crippen molar-refractivity contribution < 1.29 is 4.74 Å². The van der Waals surface area contributed by atoms with Crippen LogP contribution in [0.25, 0.3) is 16.9 Å². The smallest absolute Gasteiger partial charge is 0.182 e. The first-order chi connectivity index (χ1) is 10.6. The summed E-state index contributed by atoms with van der Waals surface area (Å²) in [5.41, 5.74) is 2.52. The topological polar surface area (TPSA) is 29.9 Å². The molecule has 1 N–H and O–H groups in total. The number of aromatic nitrogens is 2. The van der Waals surface area contributed by atoms with Gasteiger partial charge in [0.15, 0.2) is 4.77 Å². The Labute approximate surface area is 143 Å². The van der Waals surface area contributed by atoms with Crippen molar-refractivity contribution in [1.29, 1.82) is 0 Å². The van der Waals surface area contributed by atoms with E-state index in [-0.39, 0.29) is 0 Å². The van der Waals surface area contributed by atoms with E-state index in [4.69, 9.17) is 40.2 Å². The van der Waals surface area contributed by atoms with Gasteiger partial charge in [-0.1, -0.05) is 35.3 Å². The minimum absolute atomic E-state index is 0.561. The van der Waals surface area contributed by atoms with Crippen molar-refractivity contribution in [3.63, 3.8) is 0 Å². The lowest BCUT2D eigenvalue weighted by molar-refractivity contribution is 0.413. The van der Waals surface area contributed by atoms with Gasteiger partial charge in [-0.3, -0.25) is 4.57 Å². The highest BCUT2D eigenvalue weighted by atomic mass is 35.5. The van der Waals surface area contributed by atoms with Crippen LogP contribution in [0.1, 0.15) is 0 Å².